The Hall–Kier alpha value is -3.04. The summed E-state index contributed by atoms with van der Waals surface area (Å²) in [5.41, 5.74) is -0.0552. The van der Waals surface area contributed by atoms with Crippen LogP contribution >= 0.6 is 0 Å². The van der Waals surface area contributed by atoms with E-state index in [0.717, 1.165) is 12.1 Å². The van der Waals surface area contributed by atoms with Crippen molar-refractivity contribution in [3.63, 3.8) is 0 Å². The Morgan fingerprint density at radius 1 is 1.04 bits per heavy atom. The van der Waals surface area contributed by atoms with Crippen LogP contribution in [0.4, 0.5) is 0 Å². The van der Waals surface area contributed by atoms with Crippen molar-refractivity contribution in [1.29, 1.82) is 0 Å². The van der Waals surface area contributed by atoms with Gasteiger partial charge in [-0.3, -0.25) is 9.35 Å². The van der Waals surface area contributed by atoms with Gasteiger partial charge in [0.25, 0.3) is 0 Å². The van der Waals surface area contributed by atoms with E-state index in [0.29, 0.717) is 11.3 Å². The Bertz CT molecular complexity index is 1100. The lowest BCUT2D eigenvalue weighted by atomic mass is 10.1. The minimum Gasteiger partial charge on any atom is -0.507 e. The van der Waals surface area contributed by atoms with Gasteiger partial charge >= 0.3 is 10.4 Å². The number of ether oxygens (including phenoxy) is 1. The van der Waals surface area contributed by atoms with E-state index >= 15 is 0 Å². The highest BCUT2D eigenvalue weighted by molar-refractivity contribution is 7.81. The van der Waals surface area contributed by atoms with Crippen molar-refractivity contribution < 1.29 is 31.4 Å². The average molecular weight is 364 g/mol. The molecule has 8 nitrogen and oxygen atoms in total. The molecule has 1 heterocycles. The Labute approximate surface area is 141 Å². The first kappa shape index (κ1) is 16.8. The molecule has 0 unspecified atom stereocenters. The molecule has 0 saturated heterocycles. The number of fused-ring (bicyclic) bond motifs is 1. The summed E-state index contributed by atoms with van der Waals surface area (Å²) in [6.45, 7) is 0. The highest BCUT2D eigenvalue weighted by Gasteiger charge is 2.15. The molecule has 0 aliphatic carbocycles. The third-order valence-electron chi connectivity index (χ3n) is 3.36. The van der Waals surface area contributed by atoms with E-state index in [-0.39, 0.29) is 16.7 Å². The van der Waals surface area contributed by atoms with Crippen molar-refractivity contribution in [2.75, 3.05) is 7.11 Å². The summed E-state index contributed by atoms with van der Waals surface area (Å²) in [4.78, 5) is 12.3. The van der Waals surface area contributed by atoms with E-state index in [2.05, 4.69) is 4.18 Å². The fraction of sp³-hybridized carbons (Fsp3) is 0.0625. The quantitative estimate of drug-likeness (QED) is 0.676. The highest BCUT2D eigenvalue weighted by atomic mass is 32.3. The van der Waals surface area contributed by atoms with Gasteiger partial charge in [0.2, 0.25) is 0 Å². The van der Waals surface area contributed by atoms with Crippen LogP contribution in [0.1, 0.15) is 0 Å². The van der Waals surface area contributed by atoms with E-state index < -0.39 is 27.3 Å². The zero-order valence-corrected chi connectivity index (χ0v) is 13.6. The van der Waals surface area contributed by atoms with E-state index in [1.807, 2.05) is 0 Å². The molecule has 0 atom stereocenters. The zero-order chi connectivity index (χ0) is 18.2. The van der Waals surface area contributed by atoms with Crippen LogP contribution < -0.4 is 14.3 Å². The number of hydrogen-bond acceptors (Lipinski definition) is 7. The number of hydrogen-bond donors (Lipinski definition) is 2. The van der Waals surface area contributed by atoms with Gasteiger partial charge in [0, 0.05) is 23.8 Å². The zero-order valence-electron chi connectivity index (χ0n) is 12.8. The first-order valence-corrected chi connectivity index (χ1v) is 8.25. The van der Waals surface area contributed by atoms with Crippen LogP contribution in [0.3, 0.4) is 0 Å². The highest BCUT2D eigenvalue weighted by Crippen LogP contribution is 2.31. The maximum absolute atomic E-state index is 12.3. The predicted octanol–water partition coefficient (Wildman–Crippen LogP) is 2.36. The molecule has 130 valence electrons. The molecule has 2 aromatic carbocycles. The summed E-state index contributed by atoms with van der Waals surface area (Å²) in [5, 5.41) is 9.79. The van der Waals surface area contributed by atoms with Crippen LogP contribution in [0.15, 0.2) is 51.7 Å². The second-order valence-electron chi connectivity index (χ2n) is 5.03. The first-order valence-electron chi connectivity index (χ1n) is 6.89. The molecule has 0 aliphatic heterocycles. The number of phenols is 1. The molecule has 0 amide bonds. The van der Waals surface area contributed by atoms with Crippen LogP contribution in [0.25, 0.3) is 22.3 Å². The van der Waals surface area contributed by atoms with Crippen LogP contribution in [-0.2, 0) is 10.4 Å². The van der Waals surface area contributed by atoms with E-state index in [9.17, 15) is 18.3 Å². The van der Waals surface area contributed by atoms with Crippen molar-refractivity contribution >= 4 is 21.4 Å². The maximum atomic E-state index is 12.3. The van der Waals surface area contributed by atoms with Gasteiger partial charge in [0.05, 0.1) is 7.11 Å². The fourth-order valence-corrected chi connectivity index (χ4v) is 2.65. The molecular weight excluding hydrogens is 352 g/mol. The normalized spacial score (nSPS) is 11.4. The summed E-state index contributed by atoms with van der Waals surface area (Å²) < 4.78 is 45.3. The van der Waals surface area contributed by atoms with Gasteiger partial charge in [-0.1, -0.05) is 0 Å². The molecular formula is C16H12O8S. The molecule has 1 aromatic heterocycles. The van der Waals surface area contributed by atoms with Gasteiger partial charge in [-0.05, 0) is 24.3 Å². The minimum absolute atomic E-state index is 0.100. The Morgan fingerprint density at radius 3 is 2.32 bits per heavy atom. The van der Waals surface area contributed by atoms with Crippen molar-refractivity contribution in [3.8, 4) is 28.6 Å². The van der Waals surface area contributed by atoms with E-state index in [4.69, 9.17) is 13.7 Å². The number of benzene rings is 2. The van der Waals surface area contributed by atoms with E-state index in [1.165, 1.54) is 13.2 Å². The van der Waals surface area contributed by atoms with Crippen LogP contribution in [0, 0.1) is 0 Å². The SMILES string of the molecule is COc1ccc(-c2cc(=O)c3c(O)cc(OS(=O)(=O)O)cc3o2)cc1. The molecule has 0 fully saturated rings. The van der Waals surface area contributed by atoms with Crippen molar-refractivity contribution in [2.24, 2.45) is 0 Å². The molecule has 3 rings (SSSR count). The number of methoxy groups -OCH3 is 1. The lowest BCUT2D eigenvalue weighted by Crippen LogP contribution is -2.07. The van der Waals surface area contributed by atoms with Gasteiger partial charge in [-0.15, -0.1) is 0 Å². The monoisotopic (exact) mass is 364 g/mol. The Morgan fingerprint density at radius 2 is 1.72 bits per heavy atom. The summed E-state index contributed by atoms with van der Waals surface area (Å²) in [7, 11) is -3.27. The third-order valence-corrected chi connectivity index (χ3v) is 3.76. The third kappa shape index (κ3) is 3.57. The maximum Gasteiger partial charge on any atom is 0.446 e. The van der Waals surface area contributed by atoms with Crippen LogP contribution in [0.5, 0.6) is 17.2 Å². The van der Waals surface area contributed by atoms with Crippen molar-refractivity contribution in [2.45, 2.75) is 0 Å². The van der Waals surface area contributed by atoms with Gasteiger partial charge in [0.15, 0.2) is 11.2 Å². The summed E-state index contributed by atoms with van der Waals surface area (Å²) in [5.74, 6) is -0.120. The smallest absolute Gasteiger partial charge is 0.446 e. The second kappa shape index (κ2) is 6.11. The second-order valence-corrected chi connectivity index (χ2v) is 6.05. The summed E-state index contributed by atoms with van der Waals surface area (Å²) in [6, 6.07) is 9.86. The lowest BCUT2D eigenvalue weighted by Gasteiger charge is -2.07. The van der Waals surface area contributed by atoms with Crippen LogP contribution in [-0.4, -0.2) is 25.2 Å². The van der Waals surface area contributed by atoms with Crippen molar-refractivity contribution in [3.05, 3.63) is 52.7 Å². The number of aromatic hydroxyl groups is 1. The molecule has 9 heteroatoms. The largest absolute Gasteiger partial charge is 0.507 e. The molecule has 3 aromatic rings. The molecule has 0 saturated carbocycles. The Kier molecular flexibility index (Phi) is 4.11. The number of rotatable bonds is 4. The van der Waals surface area contributed by atoms with Gasteiger partial charge in [0.1, 0.15) is 28.2 Å². The fourth-order valence-electron chi connectivity index (χ4n) is 2.31. The average Bonchev–Trinajstić information content (AvgIpc) is 2.52. The minimum atomic E-state index is -4.79. The number of phenolic OH excluding ortho intramolecular Hbond substituents is 1. The van der Waals surface area contributed by atoms with Gasteiger partial charge < -0.3 is 18.4 Å². The van der Waals surface area contributed by atoms with Gasteiger partial charge in [-0.2, -0.15) is 8.42 Å². The molecule has 0 radical (unpaired) electrons. The molecule has 0 spiro atoms. The molecule has 2 N–H and O–H groups in total. The van der Waals surface area contributed by atoms with Crippen molar-refractivity contribution in [1.82, 2.24) is 0 Å². The Balaban J connectivity index is 2.17. The standard InChI is InChI=1S/C16H12O8S/c1-22-10-4-2-9(3-5-10)14-8-13(18)16-12(17)6-11(7-15(16)23-14)24-25(19,20)21/h2-8,17H,1H3,(H,19,20,21). The summed E-state index contributed by atoms with van der Waals surface area (Å²) >= 11 is 0. The van der Waals surface area contributed by atoms with E-state index in [1.54, 1.807) is 24.3 Å². The first-order chi connectivity index (χ1) is 11.8. The van der Waals surface area contributed by atoms with Crippen LogP contribution in [0.2, 0.25) is 0 Å². The predicted molar refractivity (Wildman–Crippen MR) is 88.3 cm³/mol. The molecule has 25 heavy (non-hydrogen) atoms. The lowest BCUT2D eigenvalue weighted by molar-refractivity contribution is 0.385. The molecule has 0 bridgehead atoms. The topological polar surface area (TPSA) is 123 Å². The van der Waals surface area contributed by atoms with Gasteiger partial charge in [-0.25, -0.2) is 0 Å². The molecule has 0 aliphatic rings. The summed E-state index contributed by atoms with van der Waals surface area (Å²) in [6.07, 6.45) is 0.